The van der Waals surface area contributed by atoms with Gasteiger partial charge in [-0.3, -0.25) is 18.7 Å². The number of likely N-dealkylation sites (N-methyl/N-ethyl adjacent to an activating group) is 1. The maximum absolute atomic E-state index is 13.8. The summed E-state index contributed by atoms with van der Waals surface area (Å²) in [6.07, 6.45) is 9.47. The number of hydrogen-bond donors (Lipinski definition) is 2. The van der Waals surface area contributed by atoms with Crippen LogP contribution in [-0.2, 0) is 45.8 Å². The summed E-state index contributed by atoms with van der Waals surface area (Å²) in [6, 6.07) is 16.4. The molecule has 2 aliphatic rings. The molecule has 2 N–H and O–H groups in total. The zero-order valence-corrected chi connectivity index (χ0v) is 33.0. The largest absolute Gasteiger partial charge is 0.465 e. The molecule has 0 amide bonds. The van der Waals surface area contributed by atoms with Crippen molar-refractivity contribution < 1.29 is 45.0 Å². The number of anilines is 1. The quantitative estimate of drug-likeness (QED) is 0.0814. The number of ether oxygens (including phenoxy) is 2. The predicted octanol–water partition coefficient (Wildman–Crippen LogP) is 6.86. The third-order valence-electron chi connectivity index (χ3n) is 10.7. The van der Waals surface area contributed by atoms with Crippen LogP contribution in [0, 0.1) is 5.41 Å². The Balaban J connectivity index is 1.39. The molecule has 0 fully saturated rings. The van der Waals surface area contributed by atoms with Gasteiger partial charge in [0.25, 0.3) is 20.2 Å². The van der Waals surface area contributed by atoms with Gasteiger partial charge >= 0.3 is 11.9 Å². The second-order valence-corrected chi connectivity index (χ2v) is 16.6. The smallest absolute Gasteiger partial charge is 0.324 e. The number of nitrogens with zero attached hydrogens (tertiary/aromatic N) is 2. The number of aryl methyl sites for hydroxylation is 1. The van der Waals surface area contributed by atoms with Gasteiger partial charge in [-0.2, -0.15) is 16.8 Å². The lowest BCUT2D eigenvalue weighted by Crippen LogP contribution is -2.44. The van der Waals surface area contributed by atoms with Crippen LogP contribution in [0.3, 0.4) is 0 Å². The van der Waals surface area contributed by atoms with Gasteiger partial charge in [-0.05, 0) is 87.6 Å². The van der Waals surface area contributed by atoms with Gasteiger partial charge in [0.05, 0.1) is 19.3 Å². The zero-order chi connectivity index (χ0) is 40.2. The van der Waals surface area contributed by atoms with E-state index in [4.69, 9.17) is 9.47 Å². The number of allylic oxidation sites excluding steroid dienone is 5. The molecule has 1 atom stereocenters. The minimum atomic E-state index is -4.49. The van der Waals surface area contributed by atoms with E-state index in [0.717, 1.165) is 27.5 Å². The maximum Gasteiger partial charge on any atom is 0.324 e. The van der Waals surface area contributed by atoms with Crippen molar-refractivity contribution in [3.05, 3.63) is 107 Å². The molecule has 0 radical (unpaired) electrons. The molecule has 14 heteroatoms. The SMILES string of the molecule is CCOC(=O)C1(C(=O)OCC)CC(=CC=c2c3cccc4c(S(=O)(=O)O)ccc(c43)n2CC)C=C(C=CC2c3cccc4c(S(=O)(=O)O)ccc(c34)N2CC)C1. The molecule has 12 nitrogen and oxygen atoms in total. The van der Waals surface area contributed by atoms with Crippen molar-refractivity contribution in [1.29, 1.82) is 0 Å². The summed E-state index contributed by atoms with van der Waals surface area (Å²) in [5.41, 5.74) is 2.04. The lowest BCUT2D eigenvalue weighted by atomic mass is 9.71. The first kappa shape index (κ1) is 39.0. The lowest BCUT2D eigenvalue weighted by Gasteiger charge is -2.33. The number of aromatic nitrogens is 1. The van der Waals surface area contributed by atoms with E-state index in [-0.39, 0.29) is 41.9 Å². The van der Waals surface area contributed by atoms with Gasteiger partial charge in [0.15, 0.2) is 5.41 Å². The van der Waals surface area contributed by atoms with E-state index in [9.17, 15) is 35.5 Å². The van der Waals surface area contributed by atoms with Gasteiger partial charge in [0.1, 0.15) is 9.79 Å². The minimum absolute atomic E-state index is 0.00220. The van der Waals surface area contributed by atoms with Crippen LogP contribution in [0.15, 0.2) is 106 Å². The van der Waals surface area contributed by atoms with Crippen molar-refractivity contribution in [2.45, 2.75) is 62.9 Å². The van der Waals surface area contributed by atoms with Crippen molar-refractivity contribution in [1.82, 2.24) is 4.57 Å². The fourth-order valence-corrected chi connectivity index (χ4v) is 9.81. The molecular formula is C42H42N2O10S2. The summed E-state index contributed by atoms with van der Waals surface area (Å²) in [5, 5.41) is 3.73. The fourth-order valence-electron chi connectivity index (χ4n) is 8.44. The summed E-state index contributed by atoms with van der Waals surface area (Å²) in [6.45, 7) is 8.53. The van der Waals surface area contributed by atoms with Crippen molar-refractivity contribution in [2.75, 3.05) is 24.7 Å². The number of benzene rings is 4. The summed E-state index contributed by atoms with van der Waals surface area (Å²) in [5.74, 6) is -1.40. The van der Waals surface area contributed by atoms with Crippen molar-refractivity contribution >= 4 is 76.4 Å². The Morgan fingerprint density at radius 2 is 1.38 bits per heavy atom. The summed E-state index contributed by atoms with van der Waals surface area (Å²) in [4.78, 5) is 29.5. The van der Waals surface area contributed by atoms with Gasteiger partial charge in [-0.25, -0.2) is 0 Å². The molecule has 0 bridgehead atoms. The summed E-state index contributed by atoms with van der Waals surface area (Å²) in [7, 11) is -8.98. The van der Waals surface area contributed by atoms with Crippen LogP contribution in [-0.4, -0.2) is 62.2 Å². The van der Waals surface area contributed by atoms with Crippen LogP contribution in [0.2, 0.25) is 0 Å². The average molecular weight is 799 g/mol. The van der Waals surface area contributed by atoms with Crippen LogP contribution in [0.25, 0.3) is 38.5 Å². The molecule has 1 aliphatic carbocycles. The Labute approximate surface area is 324 Å². The topological polar surface area (TPSA) is 170 Å². The molecule has 2 heterocycles. The lowest BCUT2D eigenvalue weighted by molar-refractivity contribution is -0.172. The second-order valence-electron chi connectivity index (χ2n) is 13.8. The van der Waals surface area contributed by atoms with Gasteiger partial charge in [0.2, 0.25) is 0 Å². The number of rotatable bonds is 11. The summed E-state index contributed by atoms with van der Waals surface area (Å²) >= 11 is 0. The number of carbonyl (C=O) groups is 2. The van der Waals surface area contributed by atoms with Crippen molar-refractivity contribution in [3.63, 3.8) is 0 Å². The first-order valence-corrected chi connectivity index (χ1v) is 21.3. The van der Waals surface area contributed by atoms with E-state index in [2.05, 4.69) is 4.90 Å². The summed E-state index contributed by atoms with van der Waals surface area (Å²) < 4.78 is 82.1. The van der Waals surface area contributed by atoms with E-state index in [0.29, 0.717) is 45.8 Å². The highest BCUT2D eigenvalue weighted by Crippen LogP contribution is 2.47. The maximum atomic E-state index is 13.8. The monoisotopic (exact) mass is 798 g/mol. The standard InChI is InChI=1S/C42H42N2O10S2/c1-5-43-32(28-11-9-13-30-36(55(47,48)49)21-19-34(43)38(28)30)17-15-26-23-27(25-42(24-26,40(45)53-7-3)41(46)54-8-4)16-18-33-29-12-10-14-31-37(56(50,51)52)22-20-35(39(29)31)44(33)6-2/h9-23,32H,5-8,24-25H2,1-4H3,(H,47,48,49)(H,50,51,52). The molecule has 0 spiro atoms. The van der Waals surface area contributed by atoms with Gasteiger partial charge in [-0.1, -0.05) is 60.7 Å². The van der Waals surface area contributed by atoms with Gasteiger partial charge in [0, 0.05) is 56.6 Å². The highest BCUT2D eigenvalue weighted by molar-refractivity contribution is 7.86. The zero-order valence-electron chi connectivity index (χ0n) is 31.4. The highest BCUT2D eigenvalue weighted by Gasteiger charge is 2.51. The minimum Gasteiger partial charge on any atom is -0.465 e. The average Bonchev–Trinajstić information content (AvgIpc) is 3.65. The van der Waals surface area contributed by atoms with E-state index >= 15 is 0 Å². The molecule has 292 valence electrons. The van der Waals surface area contributed by atoms with Gasteiger partial charge < -0.3 is 18.9 Å². The Hall–Kier alpha value is -5.28. The van der Waals surface area contributed by atoms with Crippen LogP contribution in [0.1, 0.15) is 52.1 Å². The molecule has 4 aromatic carbocycles. The van der Waals surface area contributed by atoms with E-state index in [1.165, 1.54) is 12.1 Å². The molecular weight excluding hydrogens is 757 g/mol. The third-order valence-corrected chi connectivity index (χ3v) is 12.5. The van der Waals surface area contributed by atoms with E-state index < -0.39 is 37.6 Å². The van der Waals surface area contributed by atoms with E-state index in [1.54, 1.807) is 50.2 Å². The normalized spacial score (nSPS) is 18.1. The second kappa shape index (κ2) is 14.7. The van der Waals surface area contributed by atoms with Crippen molar-refractivity contribution in [2.24, 2.45) is 5.41 Å². The molecule has 0 saturated carbocycles. The molecule has 1 unspecified atom stereocenters. The fraction of sp³-hybridized carbons (Fsp3) is 0.286. The first-order valence-electron chi connectivity index (χ1n) is 18.4. The molecule has 5 aromatic rings. The molecule has 1 aromatic heterocycles. The number of esters is 2. The number of carbonyl (C=O) groups excluding carboxylic acids is 2. The van der Waals surface area contributed by atoms with E-state index in [1.807, 2.05) is 60.9 Å². The van der Waals surface area contributed by atoms with Gasteiger partial charge in [-0.15, -0.1) is 0 Å². The Kier molecular flexibility index (Phi) is 10.2. The molecule has 1 aliphatic heterocycles. The van der Waals surface area contributed by atoms with Crippen LogP contribution in [0.5, 0.6) is 0 Å². The molecule has 7 rings (SSSR count). The van der Waals surface area contributed by atoms with Crippen LogP contribution < -0.4 is 10.2 Å². The Bertz CT molecular complexity index is 2800. The first-order chi connectivity index (χ1) is 26.7. The Morgan fingerprint density at radius 3 is 1.98 bits per heavy atom. The number of hydrogen-bond acceptors (Lipinski definition) is 9. The molecule has 0 saturated heterocycles. The van der Waals surface area contributed by atoms with Crippen LogP contribution >= 0.6 is 0 Å². The highest BCUT2D eigenvalue weighted by atomic mass is 32.2. The molecule has 56 heavy (non-hydrogen) atoms. The Morgan fingerprint density at radius 1 is 0.768 bits per heavy atom. The third kappa shape index (κ3) is 6.49. The van der Waals surface area contributed by atoms with Crippen molar-refractivity contribution in [3.8, 4) is 0 Å². The van der Waals surface area contributed by atoms with Crippen LogP contribution in [0.4, 0.5) is 5.69 Å². The predicted molar refractivity (Wildman–Crippen MR) is 214 cm³/mol.